The van der Waals surface area contributed by atoms with Gasteiger partial charge in [-0.25, -0.2) is 9.78 Å². The summed E-state index contributed by atoms with van der Waals surface area (Å²) in [4.78, 5) is 27.8. The minimum atomic E-state index is -1.01. The van der Waals surface area contributed by atoms with Crippen molar-refractivity contribution in [3.05, 3.63) is 46.9 Å². The number of hydrogen-bond acceptors (Lipinski definition) is 8. The van der Waals surface area contributed by atoms with Crippen molar-refractivity contribution < 1.29 is 19.4 Å². The molecule has 0 spiro atoms. The molecule has 1 atom stereocenters. The van der Waals surface area contributed by atoms with Gasteiger partial charge in [-0.05, 0) is 45.5 Å². The van der Waals surface area contributed by atoms with Crippen molar-refractivity contribution in [1.29, 1.82) is 0 Å². The molecule has 0 radical (unpaired) electrons. The van der Waals surface area contributed by atoms with E-state index in [1.807, 2.05) is 39.0 Å². The number of rotatable bonds is 4. The van der Waals surface area contributed by atoms with Gasteiger partial charge in [0.1, 0.15) is 11.7 Å². The van der Waals surface area contributed by atoms with Gasteiger partial charge in [0.25, 0.3) is 0 Å². The van der Waals surface area contributed by atoms with Gasteiger partial charge in [0.05, 0.1) is 31.5 Å². The highest BCUT2D eigenvalue weighted by molar-refractivity contribution is 5.69. The van der Waals surface area contributed by atoms with Gasteiger partial charge < -0.3 is 24.4 Å². The summed E-state index contributed by atoms with van der Waals surface area (Å²) in [7, 11) is 3.66. The van der Waals surface area contributed by atoms with Crippen LogP contribution in [0.15, 0.2) is 24.3 Å². The number of anilines is 1. The molecular formula is C24H33N5O4. The average molecular weight is 456 g/mol. The largest absolute Gasteiger partial charge is 0.481 e. The SMILES string of the molecule is COc1nc(C(O)c2cccc(N3CCN(C)CC3)c2)nc2c1CN(C(=O)OC(C)(C)C)C2. The van der Waals surface area contributed by atoms with Crippen molar-refractivity contribution in [2.24, 2.45) is 0 Å². The van der Waals surface area contributed by atoms with E-state index in [4.69, 9.17) is 9.47 Å². The number of hydrogen-bond donors (Lipinski definition) is 1. The summed E-state index contributed by atoms with van der Waals surface area (Å²) in [5, 5.41) is 11.1. The fraction of sp³-hybridized carbons (Fsp3) is 0.542. The molecule has 9 heteroatoms. The van der Waals surface area contributed by atoms with Gasteiger partial charge >= 0.3 is 6.09 Å². The highest BCUT2D eigenvalue weighted by atomic mass is 16.6. The van der Waals surface area contributed by atoms with Crippen LogP contribution in [-0.4, -0.2) is 76.9 Å². The normalized spacial score (nSPS) is 17.6. The van der Waals surface area contributed by atoms with E-state index in [9.17, 15) is 9.90 Å². The predicted molar refractivity (Wildman–Crippen MR) is 124 cm³/mol. The minimum absolute atomic E-state index is 0.257. The zero-order valence-corrected chi connectivity index (χ0v) is 20.0. The van der Waals surface area contributed by atoms with Gasteiger partial charge in [-0.1, -0.05) is 12.1 Å². The maximum Gasteiger partial charge on any atom is 0.410 e. The molecule has 1 fully saturated rings. The van der Waals surface area contributed by atoms with Crippen LogP contribution >= 0.6 is 0 Å². The summed E-state index contributed by atoms with van der Waals surface area (Å²) in [6.45, 7) is 9.99. The first-order valence-electron chi connectivity index (χ1n) is 11.3. The van der Waals surface area contributed by atoms with Crippen LogP contribution in [-0.2, 0) is 17.8 Å². The molecule has 0 saturated carbocycles. The fourth-order valence-corrected chi connectivity index (χ4v) is 4.09. The molecule has 1 saturated heterocycles. The van der Waals surface area contributed by atoms with E-state index in [1.165, 1.54) is 7.11 Å². The Kier molecular flexibility index (Phi) is 6.45. The fourth-order valence-electron chi connectivity index (χ4n) is 4.09. The molecule has 3 heterocycles. The molecule has 33 heavy (non-hydrogen) atoms. The second-order valence-electron chi connectivity index (χ2n) is 9.64. The van der Waals surface area contributed by atoms with Gasteiger partial charge in [0.2, 0.25) is 5.88 Å². The third-order valence-electron chi connectivity index (χ3n) is 5.91. The number of aromatic nitrogens is 2. The zero-order valence-electron chi connectivity index (χ0n) is 20.0. The molecule has 1 amide bonds. The predicted octanol–water partition coefficient (Wildman–Crippen LogP) is 2.57. The van der Waals surface area contributed by atoms with Gasteiger partial charge in [0, 0.05) is 31.9 Å². The van der Waals surface area contributed by atoms with Gasteiger partial charge in [-0.3, -0.25) is 4.90 Å². The number of piperazine rings is 1. The van der Waals surface area contributed by atoms with E-state index < -0.39 is 17.8 Å². The highest BCUT2D eigenvalue weighted by Gasteiger charge is 2.33. The number of methoxy groups -OCH3 is 1. The molecule has 2 aliphatic heterocycles. The first-order valence-corrected chi connectivity index (χ1v) is 11.3. The molecule has 1 N–H and O–H groups in total. The van der Waals surface area contributed by atoms with Crippen LogP contribution in [0.3, 0.4) is 0 Å². The summed E-state index contributed by atoms with van der Waals surface area (Å²) < 4.78 is 11.0. The number of nitrogens with zero attached hydrogens (tertiary/aromatic N) is 5. The van der Waals surface area contributed by atoms with Crippen molar-refractivity contribution >= 4 is 11.8 Å². The Hall–Kier alpha value is -2.91. The van der Waals surface area contributed by atoms with E-state index in [0.717, 1.165) is 43.0 Å². The Morgan fingerprint density at radius 1 is 1.12 bits per heavy atom. The summed E-state index contributed by atoms with van der Waals surface area (Å²) in [5.74, 6) is 0.627. The zero-order chi connectivity index (χ0) is 23.8. The standard InChI is InChI=1S/C24H33N5O4/c1-24(2,3)33-23(31)29-14-18-19(15-29)25-21(26-22(18)32-5)20(30)16-7-6-8-17(13-16)28-11-9-27(4)10-12-28/h6-8,13,20,30H,9-12,14-15H2,1-5H3. The van der Waals surface area contributed by atoms with Crippen molar-refractivity contribution in [2.45, 2.75) is 45.6 Å². The van der Waals surface area contributed by atoms with Crippen LogP contribution in [0.4, 0.5) is 10.5 Å². The van der Waals surface area contributed by atoms with Gasteiger partial charge in [-0.15, -0.1) is 0 Å². The Bertz CT molecular complexity index is 1010. The van der Waals surface area contributed by atoms with E-state index >= 15 is 0 Å². The Balaban J connectivity index is 1.56. The Labute approximate surface area is 194 Å². The average Bonchev–Trinajstić information content (AvgIpc) is 3.22. The van der Waals surface area contributed by atoms with Crippen LogP contribution in [0.25, 0.3) is 0 Å². The molecule has 0 bridgehead atoms. The molecule has 2 aromatic rings. The van der Waals surface area contributed by atoms with Crippen molar-refractivity contribution in [2.75, 3.05) is 45.2 Å². The van der Waals surface area contributed by atoms with E-state index in [0.29, 0.717) is 18.1 Å². The summed E-state index contributed by atoms with van der Waals surface area (Å²) >= 11 is 0. The second-order valence-corrected chi connectivity index (χ2v) is 9.64. The maximum atomic E-state index is 12.5. The van der Waals surface area contributed by atoms with Crippen LogP contribution in [0.1, 0.15) is 49.5 Å². The molecule has 1 aromatic heterocycles. The highest BCUT2D eigenvalue weighted by Crippen LogP contribution is 2.32. The van der Waals surface area contributed by atoms with Crippen molar-refractivity contribution in [3.8, 4) is 5.88 Å². The van der Waals surface area contributed by atoms with Crippen molar-refractivity contribution in [1.82, 2.24) is 19.8 Å². The number of aliphatic hydroxyl groups is 1. The van der Waals surface area contributed by atoms with Crippen molar-refractivity contribution in [3.63, 3.8) is 0 Å². The number of benzene rings is 1. The molecule has 0 aliphatic carbocycles. The van der Waals surface area contributed by atoms with Gasteiger partial charge in [0.15, 0.2) is 5.82 Å². The maximum absolute atomic E-state index is 12.5. The molecule has 178 valence electrons. The molecule has 9 nitrogen and oxygen atoms in total. The first-order chi connectivity index (χ1) is 15.6. The quantitative estimate of drug-likeness (QED) is 0.752. The van der Waals surface area contributed by atoms with Gasteiger partial charge in [-0.2, -0.15) is 4.98 Å². The summed E-state index contributed by atoms with van der Waals surface area (Å²) in [6.07, 6.45) is -1.42. The van der Waals surface area contributed by atoms with Crippen LogP contribution in [0, 0.1) is 0 Å². The number of carbonyl (C=O) groups excluding carboxylic acids is 1. The smallest absolute Gasteiger partial charge is 0.410 e. The molecular weight excluding hydrogens is 422 g/mol. The number of carbonyl (C=O) groups is 1. The lowest BCUT2D eigenvalue weighted by atomic mass is 10.1. The lowest BCUT2D eigenvalue weighted by Gasteiger charge is -2.34. The second kappa shape index (κ2) is 9.15. The Morgan fingerprint density at radius 3 is 2.52 bits per heavy atom. The monoisotopic (exact) mass is 455 g/mol. The third-order valence-corrected chi connectivity index (χ3v) is 5.91. The molecule has 1 aromatic carbocycles. The molecule has 1 unspecified atom stereocenters. The Morgan fingerprint density at radius 2 is 1.85 bits per heavy atom. The minimum Gasteiger partial charge on any atom is -0.481 e. The lowest BCUT2D eigenvalue weighted by molar-refractivity contribution is 0.0240. The number of likely N-dealkylation sites (N-methyl/N-ethyl adjacent to an activating group) is 1. The summed E-state index contributed by atoms with van der Waals surface area (Å²) in [6, 6.07) is 7.87. The number of ether oxygens (including phenoxy) is 2. The molecule has 4 rings (SSSR count). The first kappa shape index (κ1) is 23.3. The lowest BCUT2D eigenvalue weighted by Crippen LogP contribution is -2.44. The number of amides is 1. The summed E-state index contributed by atoms with van der Waals surface area (Å²) in [5.41, 5.74) is 2.61. The molecule has 2 aliphatic rings. The van der Waals surface area contributed by atoms with E-state index in [-0.39, 0.29) is 12.4 Å². The van der Waals surface area contributed by atoms with Crippen LogP contribution in [0.2, 0.25) is 0 Å². The van der Waals surface area contributed by atoms with E-state index in [1.54, 1.807) is 4.90 Å². The van der Waals surface area contributed by atoms with E-state index in [2.05, 4.69) is 32.9 Å². The number of aliphatic hydroxyl groups excluding tert-OH is 1. The van der Waals surface area contributed by atoms with Crippen LogP contribution < -0.4 is 9.64 Å². The third kappa shape index (κ3) is 5.20. The topological polar surface area (TPSA) is 91.3 Å². The van der Waals surface area contributed by atoms with Crippen LogP contribution in [0.5, 0.6) is 5.88 Å². The number of fused-ring (bicyclic) bond motifs is 1.